The number of carboxylic acids is 1. The quantitative estimate of drug-likeness (QED) is 0.648. The van der Waals surface area contributed by atoms with E-state index in [1.807, 2.05) is 0 Å². The number of carbonyl (C=O) groups excluding carboxylic acids is 1. The Hall–Kier alpha value is -1.10. The van der Waals surface area contributed by atoms with Crippen LogP contribution in [0.2, 0.25) is 0 Å². The maximum absolute atomic E-state index is 11.4. The van der Waals surface area contributed by atoms with Crippen LogP contribution in [-0.2, 0) is 9.59 Å². The van der Waals surface area contributed by atoms with E-state index in [2.05, 4.69) is 5.32 Å². The van der Waals surface area contributed by atoms with Gasteiger partial charge in [0.25, 0.3) is 0 Å². The molecular weight excluding hydrogens is 196 g/mol. The minimum Gasteiger partial charge on any atom is -0.480 e. The van der Waals surface area contributed by atoms with E-state index in [4.69, 9.17) is 5.11 Å². The number of aliphatic carboxylic acids is 1. The van der Waals surface area contributed by atoms with Crippen molar-refractivity contribution in [3.05, 3.63) is 0 Å². The summed E-state index contributed by atoms with van der Waals surface area (Å²) >= 11 is 0. The highest BCUT2D eigenvalue weighted by atomic mass is 16.4. The Morgan fingerprint density at radius 1 is 1.53 bits per heavy atom. The second kappa shape index (κ2) is 5.11. The molecule has 86 valence electrons. The number of nitrogens with zero attached hydrogens (tertiary/aromatic N) is 1. The largest absolute Gasteiger partial charge is 0.480 e. The molecule has 1 unspecified atom stereocenters. The van der Waals surface area contributed by atoms with Crippen molar-refractivity contribution >= 4 is 11.9 Å². The van der Waals surface area contributed by atoms with Gasteiger partial charge in [0.15, 0.2) is 0 Å². The van der Waals surface area contributed by atoms with Gasteiger partial charge in [0.05, 0.1) is 12.6 Å². The maximum atomic E-state index is 11.4. The van der Waals surface area contributed by atoms with Crippen LogP contribution in [0.25, 0.3) is 0 Å². The molecule has 1 fully saturated rings. The highest BCUT2D eigenvalue weighted by Gasteiger charge is 2.29. The Balaban J connectivity index is 2.52. The van der Waals surface area contributed by atoms with Crippen molar-refractivity contribution in [1.82, 2.24) is 10.2 Å². The summed E-state index contributed by atoms with van der Waals surface area (Å²) in [5.41, 5.74) is 0. The molecule has 0 aromatic rings. The average molecular weight is 214 g/mol. The Morgan fingerprint density at radius 2 is 2.13 bits per heavy atom. The molecule has 1 amide bonds. The second-order valence-electron chi connectivity index (χ2n) is 4.06. The number of carboxylic acid groups (broad SMARTS) is 1. The third-order valence-electron chi connectivity index (χ3n) is 2.70. The van der Waals surface area contributed by atoms with Crippen LogP contribution < -0.4 is 5.32 Å². The van der Waals surface area contributed by atoms with Gasteiger partial charge in [-0.05, 0) is 25.7 Å². The van der Waals surface area contributed by atoms with E-state index in [1.54, 1.807) is 18.9 Å². The zero-order valence-electron chi connectivity index (χ0n) is 9.19. The van der Waals surface area contributed by atoms with Gasteiger partial charge in [-0.1, -0.05) is 0 Å². The molecule has 0 saturated heterocycles. The van der Waals surface area contributed by atoms with E-state index in [0.29, 0.717) is 12.5 Å². The molecule has 15 heavy (non-hydrogen) atoms. The number of hydrogen-bond acceptors (Lipinski definition) is 3. The van der Waals surface area contributed by atoms with Crippen LogP contribution in [0.5, 0.6) is 0 Å². The maximum Gasteiger partial charge on any atom is 0.317 e. The molecule has 2 N–H and O–H groups in total. The van der Waals surface area contributed by atoms with Crippen LogP contribution >= 0.6 is 0 Å². The van der Waals surface area contributed by atoms with E-state index in [9.17, 15) is 9.59 Å². The van der Waals surface area contributed by atoms with Gasteiger partial charge >= 0.3 is 5.97 Å². The van der Waals surface area contributed by atoms with Crippen LogP contribution in [0.15, 0.2) is 0 Å². The molecule has 1 atom stereocenters. The smallest absolute Gasteiger partial charge is 0.317 e. The zero-order chi connectivity index (χ0) is 11.4. The molecule has 1 aliphatic rings. The summed E-state index contributed by atoms with van der Waals surface area (Å²) in [5.74, 6) is -0.431. The number of hydrogen-bond donors (Lipinski definition) is 2. The molecule has 0 heterocycles. The molecule has 0 radical (unpaired) electrons. The fourth-order valence-corrected chi connectivity index (χ4v) is 1.54. The lowest BCUT2D eigenvalue weighted by Gasteiger charge is -2.25. The minimum atomic E-state index is -0.883. The van der Waals surface area contributed by atoms with Crippen molar-refractivity contribution in [2.45, 2.75) is 25.8 Å². The molecule has 1 aliphatic carbocycles. The van der Waals surface area contributed by atoms with Gasteiger partial charge in [-0.2, -0.15) is 0 Å². The highest BCUT2D eigenvalue weighted by Crippen LogP contribution is 2.30. The van der Waals surface area contributed by atoms with Crippen molar-refractivity contribution in [3.8, 4) is 0 Å². The summed E-state index contributed by atoms with van der Waals surface area (Å²) < 4.78 is 0. The van der Waals surface area contributed by atoms with E-state index < -0.39 is 5.97 Å². The monoisotopic (exact) mass is 214 g/mol. The first kappa shape index (κ1) is 12.0. The van der Waals surface area contributed by atoms with Crippen molar-refractivity contribution < 1.29 is 14.7 Å². The number of carbonyl (C=O) groups is 2. The lowest BCUT2D eigenvalue weighted by Crippen LogP contribution is -2.47. The first-order valence-corrected chi connectivity index (χ1v) is 5.22. The summed E-state index contributed by atoms with van der Waals surface area (Å²) in [5, 5.41) is 11.3. The Bertz CT molecular complexity index is 251. The molecule has 5 heteroatoms. The summed E-state index contributed by atoms with van der Waals surface area (Å²) in [4.78, 5) is 23.8. The first-order valence-electron chi connectivity index (χ1n) is 5.22. The van der Waals surface area contributed by atoms with Crippen LogP contribution in [0.1, 0.15) is 19.8 Å². The van der Waals surface area contributed by atoms with Gasteiger partial charge in [-0.3, -0.25) is 14.5 Å². The predicted octanol–water partition coefficient (Wildman–Crippen LogP) is -0.0825. The molecule has 0 spiro atoms. The van der Waals surface area contributed by atoms with Gasteiger partial charge < -0.3 is 10.4 Å². The summed E-state index contributed by atoms with van der Waals surface area (Å²) in [6, 6.07) is -0.369. The molecule has 0 aromatic heterocycles. The normalized spacial score (nSPS) is 17.5. The lowest BCUT2D eigenvalue weighted by atomic mass is 10.2. The van der Waals surface area contributed by atoms with Gasteiger partial charge in [-0.25, -0.2) is 0 Å². The molecule has 0 aliphatic heterocycles. The van der Waals surface area contributed by atoms with Crippen molar-refractivity contribution in [3.63, 3.8) is 0 Å². The van der Waals surface area contributed by atoms with Crippen LogP contribution in [0, 0.1) is 5.92 Å². The predicted molar refractivity (Wildman–Crippen MR) is 55.5 cm³/mol. The topological polar surface area (TPSA) is 69.6 Å². The fraction of sp³-hybridized carbons (Fsp3) is 0.800. The van der Waals surface area contributed by atoms with Crippen molar-refractivity contribution in [1.29, 1.82) is 0 Å². The molecule has 0 aromatic carbocycles. The van der Waals surface area contributed by atoms with Crippen molar-refractivity contribution in [2.75, 3.05) is 20.1 Å². The number of likely N-dealkylation sites (N-methyl/N-ethyl adjacent to an activating group) is 1. The number of nitrogens with one attached hydrogen (secondary N) is 1. The molecule has 5 nitrogen and oxygen atoms in total. The summed E-state index contributed by atoms with van der Waals surface area (Å²) in [6.07, 6.45) is 2.30. The molecule has 1 rings (SSSR count). The van der Waals surface area contributed by atoms with Gasteiger partial charge in [-0.15, -0.1) is 0 Å². The van der Waals surface area contributed by atoms with E-state index >= 15 is 0 Å². The van der Waals surface area contributed by atoms with Crippen LogP contribution in [0.4, 0.5) is 0 Å². The van der Waals surface area contributed by atoms with E-state index in [1.165, 1.54) is 0 Å². The Labute approximate surface area is 89.4 Å². The first-order chi connectivity index (χ1) is 7.04. The van der Waals surface area contributed by atoms with E-state index in [-0.39, 0.29) is 18.5 Å². The molecule has 0 bridgehead atoms. The number of amides is 1. The zero-order valence-corrected chi connectivity index (χ0v) is 9.19. The van der Waals surface area contributed by atoms with Crippen LogP contribution in [0.3, 0.4) is 0 Å². The average Bonchev–Trinajstić information content (AvgIpc) is 2.97. The summed E-state index contributed by atoms with van der Waals surface area (Å²) in [6.45, 7) is 2.39. The second-order valence-corrected chi connectivity index (χ2v) is 4.06. The van der Waals surface area contributed by atoms with Gasteiger partial charge in [0, 0.05) is 13.6 Å². The van der Waals surface area contributed by atoms with E-state index in [0.717, 1.165) is 12.8 Å². The minimum absolute atomic E-state index is 0.0644. The van der Waals surface area contributed by atoms with Gasteiger partial charge in [0.1, 0.15) is 0 Å². The molecule has 1 saturated carbocycles. The third-order valence-corrected chi connectivity index (χ3v) is 2.70. The third kappa shape index (κ3) is 3.87. The SMILES string of the molecule is CNC(=O)C(C)N(CC(=O)O)CC1CC1. The Morgan fingerprint density at radius 3 is 2.53 bits per heavy atom. The fourth-order valence-electron chi connectivity index (χ4n) is 1.54. The standard InChI is InChI=1S/C10H18N2O3/c1-7(10(15)11-2)12(6-9(13)14)5-8-3-4-8/h7-8H,3-6H2,1-2H3,(H,11,15)(H,13,14). The number of rotatable bonds is 6. The van der Waals surface area contributed by atoms with Crippen LogP contribution in [-0.4, -0.2) is 48.1 Å². The highest BCUT2D eigenvalue weighted by molar-refractivity contribution is 5.81. The molecular formula is C10H18N2O3. The van der Waals surface area contributed by atoms with Gasteiger partial charge in [0.2, 0.25) is 5.91 Å². The Kier molecular flexibility index (Phi) is 4.08. The van der Waals surface area contributed by atoms with Crippen molar-refractivity contribution in [2.24, 2.45) is 5.92 Å². The summed E-state index contributed by atoms with van der Waals surface area (Å²) in [7, 11) is 1.56. The lowest BCUT2D eigenvalue weighted by molar-refractivity contribution is -0.139.